The number of fused-ring (bicyclic) bond motifs is 2. The second-order valence-electron chi connectivity index (χ2n) is 28.1. The molecule has 8 aromatic rings. The van der Waals surface area contributed by atoms with Gasteiger partial charge in [0.15, 0.2) is 5.71 Å². The highest BCUT2D eigenvalue weighted by Crippen LogP contribution is 2.50. The second-order valence-corrected chi connectivity index (χ2v) is 31.2. The number of hydrogen-bond donors (Lipinski definition) is 3. The van der Waals surface area contributed by atoms with E-state index in [0.29, 0.717) is 126 Å². The van der Waals surface area contributed by atoms with Gasteiger partial charge in [0.05, 0.1) is 93.4 Å². The molecule has 568 valence electrons. The molecule has 0 bridgehead atoms. The number of carbonyl (C=O) groups excluding carboxylic acids is 1. The van der Waals surface area contributed by atoms with Gasteiger partial charge in [0.1, 0.15) is 41.9 Å². The lowest BCUT2D eigenvalue weighted by molar-refractivity contribution is -0.438. The van der Waals surface area contributed by atoms with Gasteiger partial charge in [0, 0.05) is 116 Å². The lowest BCUT2D eigenvalue weighted by Gasteiger charge is -2.27. The summed E-state index contributed by atoms with van der Waals surface area (Å²) in [6, 6.07) is 49.2. The van der Waals surface area contributed by atoms with Crippen molar-refractivity contribution < 1.29 is 63.7 Å². The molecule has 0 saturated heterocycles. The number of methoxy groups -OCH3 is 2. The van der Waals surface area contributed by atoms with E-state index in [0.717, 1.165) is 85.5 Å². The molecule has 2 aliphatic heterocycles. The van der Waals surface area contributed by atoms with E-state index in [2.05, 4.69) is 115 Å². The number of pyridine rings is 4. The summed E-state index contributed by atoms with van der Waals surface area (Å²) in [7, 11) is -5.00. The summed E-state index contributed by atoms with van der Waals surface area (Å²) in [6.07, 6.45) is 19.5. The molecule has 1 amide bonds. The van der Waals surface area contributed by atoms with Gasteiger partial charge in [-0.05, 0) is 202 Å². The summed E-state index contributed by atoms with van der Waals surface area (Å²) in [5, 5.41) is 2.98. The van der Waals surface area contributed by atoms with Gasteiger partial charge in [0.25, 0.3) is 26.1 Å². The fourth-order valence-electron chi connectivity index (χ4n) is 14.0. The van der Waals surface area contributed by atoms with Gasteiger partial charge in [-0.15, -0.1) is 0 Å². The minimum Gasteiger partial charge on any atom is -0.497 e. The van der Waals surface area contributed by atoms with Crippen LogP contribution in [0.4, 0.5) is 17.1 Å². The maximum atomic E-state index is 13.7. The average Bonchev–Trinajstić information content (AvgIpc) is 1.59. The SMILES string of the molecule is COc1ccc2c(c1)C(C)(C)C(/C=C/C1=C(Oc3ccc(C(=O)NCCOCCOCCOc4cc(CN(Cc5ccccn5)Cc5ccccn5)cc(N(Cc5ccccn5)Cc5ccccn5)c4)cc3)C(=C/C=C3/N(CCCCS(=O)(=O)O)c4ccc(OC)cc4C3(C)C)/CCC1)=[N+]2CCCCS(=O)(=O)O. The molecule has 0 atom stereocenters. The van der Waals surface area contributed by atoms with Crippen LogP contribution in [0.25, 0.3) is 0 Å². The van der Waals surface area contributed by atoms with Crippen molar-refractivity contribution in [2.24, 2.45) is 0 Å². The molecular formula is C84H98N9O13S2+. The van der Waals surface area contributed by atoms with Crippen LogP contribution in [0.5, 0.6) is 23.0 Å². The van der Waals surface area contributed by atoms with Gasteiger partial charge < -0.3 is 43.5 Å². The van der Waals surface area contributed by atoms with Crippen LogP contribution < -0.4 is 34.1 Å². The molecule has 22 nitrogen and oxygen atoms in total. The van der Waals surface area contributed by atoms with Crippen LogP contribution in [0.1, 0.15) is 122 Å². The molecule has 4 aromatic heterocycles. The number of anilines is 2. The highest BCUT2D eigenvalue weighted by Gasteiger charge is 2.45. The Morgan fingerprint density at radius 3 is 1.76 bits per heavy atom. The lowest BCUT2D eigenvalue weighted by atomic mass is 9.81. The summed E-state index contributed by atoms with van der Waals surface area (Å²) in [5.74, 6) is 2.36. The van der Waals surface area contributed by atoms with Crippen molar-refractivity contribution in [3.8, 4) is 23.0 Å². The Kier molecular flexibility index (Phi) is 27.3. The van der Waals surface area contributed by atoms with Gasteiger partial charge in [-0.25, -0.2) is 0 Å². The van der Waals surface area contributed by atoms with Crippen molar-refractivity contribution in [3.63, 3.8) is 0 Å². The maximum Gasteiger partial charge on any atom is 0.264 e. The Bertz CT molecular complexity index is 4670. The summed E-state index contributed by atoms with van der Waals surface area (Å²) in [6.45, 7) is 14.2. The fourth-order valence-corrected chi connectivity index (χ4v) is 15.2. The normalized spacial score (nSPS) is 15.5. The maximum absolute atomic E-state index is 13.7. The Balaban J connectivity index is 0.753. The Labute approximate surface area is 635 Å². The van der Waals surface area contributed by atoms with Gasteiger partial charge in [-0.2, -0.15) is 21.4 Å². The predicted octanol–water partition coefficient (Wildman–Crippen LogP) is 13.9. The van der Waals surface area contributed by atoms with E-state index in [4.69, 9.17) is 28.4 Å². The van der Waals surface area contributed by atoms with E-state index < -0.39 is 31.1 Å². The van der Waals surface area contributed by atoms with Crippen molar-refractivity contribution in [3.05, 3.63) is 268 Å². The standard InChI is InChI=1S/C84H97N9O13S2/c1-83(2)75-55-72(101-5)32-34-77(75)92(43-15-17-50-107(95,96)97)79(83)36-28-63-20-19-21-64(29-37-80-84(3,4)76-56-73(102-6)33-35-78(76)93(80)44-16-18-51-108(98,99)100)81(63)106-71-30-26-65(27-31-71)82(94)89-42-45-103-46-47-104-48-49-105-74-53-62(57-90(58-66-22-7-11-38-85-66)59-67-23-8-12-39-86-67)52-70(54-74)91(60-68-24-9-13-40-87-68)61-69-25-10-14-41-88-69/h7-14,22-41,52-56H,15-21,42-51,57-61H2,1-6H3,(H2-,89,94,95,96,97,98,99,100)/p+1. The van der Waals surface area contributed by atoms with Crippen molar-refractivity contribution in [1.29, 1.82) is 0 Å². The molecule has 24 heteroatoms. The molecule has 3 N–H and O–H groups in total. The van der Waals surface area contributed by atoms with Gasteiger partial charge in [0.2, 0.25) is 5.69 Å². The van der Waals surface area contributed by atoms with Crippen LogP contribution in [0, 0.1) is 0 Å². The number of aromatic nitrogens is 4. The monoisotopic (exact) mass is 1500 g/mol. The van der Waals surface area contributed by atoms with Crippen LogP contribution in [0.2, 0.25) is 0 Å². The number of rotatable bonds is 39. The van der Waals surface area contributed by atoms with Crippen molar-refractivity contribution in [2.45, 2.75) is 116 Å². The van der Waals surface area contributed by atoms with Crippen molar-refractivity contribution >= 4 is 48.9 Å². The lowest BCUT2D eigenvalue weighted by Crippen LogP contribution is -2.28. The first-order valence-electron chi connectivity index (χ1n) is 36.7. The first-order valence-corrected chi connectivity index (χ1v) is 39.9. The van der Waals surface area contributed by atoms with Gasteiger partial charge >= 0.3 is 0 Å². The number of benzene rings is 4. The van der Waals surface area contributed by atoms with Gasteiger partial charge in [-0.1, -0.05) is 44.2 Å². The molecule has 4 aromatic carbocycles. The molecular weight excluding hydrogens is 1410 g/mol. The topological polar surface area (TPSA) is 258 Å². The number of hydrogen-bond acceptors (Lipinski definition) is 18. The van der Waals surface area contributed by atoms with Crippen LogP contribution in [0.3, 0.4) is 0 Å². The quantitative estimate of drug-likeness (QED) is 0.0184. The molecule has 0 radical (unpaired) electrons. The zero-order valence-electron chi connectivity index (χ0n) is 62.4. The minimum absolute atomic E-state index is 0.259. The average molecular weight is 1510 g/mol. The zero-order chi connectivity index (χ0) is 76.1. The number of unbranched alkanes of at least 4 members (excludes halogenated alkanes) is 2. The fraction of sp³-hybridized carbons (Fsp3) is 0.357. The van der Waals surface area contributed by atoms with E-state index in [1.165, 1.54) is 0 Å². The third-order valence-corrected chi connectivity index (χ3v) is 21.1. The highest BCUT2D eigenvalue weighted by atomic mass is 32.2. The Morgan fingerprint density at radius 2 is 1.16 bits per heavy atom. The summed E-state index contributed by atoms with van der Waals surface area (Å²) in [5.41, 5.74) is 13.1. The Hall–Kier alpha value is -9.92. The zero-order valence-corrected chi connectivity index (χ0v) is 64.0. The summed E-state index contributed by atoms with van der Waals surface area (Å²) >= 11 is 0. The summed E-state index contributed by atoms with van der Waals surface area (Å²) < 4.78 is 105. The molecule has 11 rings (SSSR count). The van der Waals surface area contributed by atoms with Crippen molar-refractivity contribution in [2.75, 3.05) is 88.2 Å². The molecule has 0 unspecified atom stereocenters. The number of nitrogens with zero attached hydrogens (tertiary/aromatic N) is 8. The third-order valence-electron chi connectivity index (χ3n) is 19.5. The molecule has 1 aliphatic carbocycles. The smallest absolute Gasteiger partial charge is 0.264 e. The van der Waals surface area contributed by atoms with Crippen molar-refractivity contribution in [1.82, 2.24) is 30.2 Å². The predicted molar refractivity (Wildman–Crippen MR) is 419 cm³/mol. The van der Waals surface area contributed by atoms with E-state index >= 15 is 0 Å². The number of ether oxygens (including phenoxy) is 6. The molecule has 108 heavy (non-hydrogen) atoms. The van der Waals surface area contributed by atoms with E-state index in [1.54, 1.807) is 38.5 Å². The number of carbonyl (C=O) groups is 1. The van der Waals surface area contributed by atoms with E-state index in [1.807, 2.05) is 134 Å². The first-order chi connectivity index (χ1) is 52.1. The summed E-state index contributed by atoms with van der Waals surface area (Å²) in [4.78, 5) is 39.2. The van der Waals surface area contributed by atoms with E-state index in [9.17, 15) is 30.7 Å². The highest BCUT2D eigenvalue weighted by molar-refractivity contribution is 7.86. The van der Waals surface area contributed by atoms with Gasteiger partial charge in [-0.3, -0.25) is 38.7 Å². The molecule has 0 saturated carbocycles. The van der Waals surface area contributed by atoms with Crippen LogP contribution in [-0.2, 0) is 73.3 Å². The molecule has 6 heterocycles. The minimum atomic E-state index is -4.14. The van der Waals surface area contributed by atoms with Crippen LogP contribution >= 0.6 is 0 Å². The second kappa shape index (κ2) is 37.3. The third kappa shape index (κ3) is 21.9. The number of amides is 1. The number of nitrogens with one attached hydrogen (secondary N) is 1. The molecule has 0 fully saturated rings. The van der Waals surface area contributed by atoms with Crippen LogP contribution in [-0.4, -0.2) is 145 Å². The first kappa shape index (κ1) is 79.1. The van der Waals surface area contributed by atoms with Crippen LogP contribution in [0.15, 0.2) is 223 Å². The Morgan fingerprint density at radius 1 is 0.583 bits per heavy atom. The van der Waals surface area contributed by atoms with E-state index in [-0.39, 0.29) is 50.0 Å². The molecule has 3 aliphatic rings. The largest absolute Gasteiger partial charge is 0.497 e. The molecule has 0 spiro atoms. The number of allylic oxidation sites excluding steroid dienone is 7.